The standard InChI is InChI=1S/C13H16Cl2N2O2.ClH/c1-9-7-16-4-5-17(9)13(18)8-19-12-6-10(14)2-3-11(12)15;/h2-3,6,9,16H,4-5,7-8H2,1H3;1H/t9-;/m1./s1. The molecule has 4 nitrogen and oxygen atoms in total. The van der Waals surface area contributed by atoms with Crippen LogP contribution in [0.2, 0.25) is 10.0 Å². The molecule has 7 heteroatoms. The van der Waals surface area contributed by atoms with Gasteiger partial charge in [-0.3, -0.25) is 4.79 Å². The predicted molar refractivity (Wildman–Crippen MR) is 83.2 cm³/mol. The molecule has 20 heavy (non-hydrogen) atoms. The molecule has 1 atom stereocenters. The minimum Gasteiger partial charge on any atom is -0.482 e. The lowest BCUT2D eigenvalue weighted by molar-refractivity contribution is -0.136. The summed E-state index contributed by atoms with van der Waals surface area (Å²) in [5.74, 6) is 0.398. The molecular weight excluding hydrogens is 323 g/mol. The summed E-state index contributed by atoms with van der Waals surface area (Å²) in [5, 5.41) is 4.22. The maximum atomic E-state index is 12.1. The van der Waals surface area contributed by atoms with Gasteiger partial charge in [0.05, 0.1) is 5.02 Å². The normalized spacial score (nSPS) is 18.4. The van der Waals surface area contributed by atoms with Gasteiger partial charge >= 0.3 is 0 Å². The number of hydrogen-bond acceptors (Lipinski definition) is 3. The first kappa shape index (κ1) is 17.4. The molecule has 0 spiro atoms. The van der Waals surface area contributed by atoms with Crippen molar-refractivity contribution in [2.75, 3.05) is 26.2 Å². The first-order valence-electron chi connectivity index (χ1n) is 6.16. The molecule has 1 heterocycles. The van der Waals surface area contributed by atoms with Gasteiger partial charge in [0.15, 0.2) is 6.61 Å². The Hall–Kier alpha value is -0.680. The molecule has 1 N–H and O–H groups in total. The Morgan fingerprint density at radius 3 is 2.95 bits per heavy atom. The third-order valence-electron chi connectivity index (χ3n) is 3.07. The molecule has 1 saturated heterocycles. The van der Waals surface area contributed by atoms with E-state index in [-0.39, 0.29) is 31.0 Å². The van der Waals surface area contributed by atoms with Crippen molar-refractivity contribution < 1.29 is 9.53 Å². The van der Waals surface area contributed by atoms with Crippen molar-refractivity contribution in [1.29, 1.82) is 0 Å². The van der Waals surface area contributed by atoms with Crippen molar-refractivity contribution in [3.05, 3.63) is 28.2 Å². The molecule has 2 rings (SSSR count). The van der Waals surface area contributed by atoms with Crippen LogP contribution in [0.5, 0.6) is 5.75 Å². The topological polar surface area (TPSA) is 41.6 Å². The molecule has 112 valence electrons. The number of carbonyl (C=O) groups excluding carboxylic acids is 1. The van der Waals surface area contributed by atoms with Crippen LogP contribution in [0.4, 0.5) is 0 Å². The van der Waals surface area contributed by atoms with E-state index in [0.717, 1.165) is 13.1 Å². The zero-order chi connectivity index (χ0) is 13.8. The molecular formula is C13H17Cl3N2O2. The van der Waals surface area contributed by atoms with Crippen molar-refractivity contribution in [2.45, 2.75) is 13.0 Å². The fourth-order valence-electron chi connectivity index (χ4n) is 2.02. The van der Waals surface area contributed by atoms with Crippen molar-refractivity contribution in [1.82, 2.24) is 10.2 Å². The smallest absolute Gasteiger partial charge is 0.260 e. The molecule has 1 fully saturated rings. The average molecular weight is 340 g/mol. The third-order valence-corrected chi connectivity index (χ3v) is 3.61. The van der Waals surface area contributed by atoms with Gasteiger partial charge in [0.2, 0.25) is 0 Å². The lowest BCUT2D eigenvalue weighted by atomic mass is 10.2. The summed E-state index contributed by atoms with van der Waals surface area (Å²) in [4.78, 5) is 13.9. The van der Waals surface area contributed by atoms with E-state index in [1.807, 2.05) is 11.8 Å². The number of hydrogen-bond donors (Lipinski definition) is 1. The molecule has 1 amide bonds. The van der Waals surface area contributed by atoms with Gasteiger partial charge in [0.25, 0.3) is 5.91 Å². The van der Waals surface area contributed by atoms with Crippen LogP contribution in [-0.2, 0) is 4.79 Å². The van der Waals surface area contributed by atoms with Crippen molar-refractivity contribution >= 4 is 41.5 Å². The summed E-state index contributed by atoms with van der Waals surface area (Å²) in [7, 11) is 0. The van der Waals surface area contributed by atoms with Crippen LogP contribution < -0.4 is 10.1 Å². The Labute approximate surface area is 134 Å². The van der Waals surface area contributed by atoms with E-state index in [0.29, 0.717) is 22.3 Å². The molecule has 0 saturated carbocycles. The van der Waals surface area contributed by atoms with E-state index < -0.39 is 0 Å². The van der Waals surface area contributed by atoms with Gasteiger partial charge in [-0.15, -0.1) is 12.4 Å². The Balaban J connectivity index is 0.00000200. The quantitative estimate of drug-likeness (QED) is 0.920. The Bertz CT molecular complexity index is 471. The van der Waals surface area contributed by atoms with E-state index in [1.54, 1.807) is 18.2 Å². The lowest BCUT2D eigenvalue weighted by Crippen LogP contribution is -2.53. The highest BCUT2D eigenvalue weighted by Gasteiger charge is 2.23. The van der Waals surface area contributed by atoms with Gasteiger partial charge in [-0.25, -0.2) is 0 Å². The van der Waals surface area contributed by atoms with Gasteiger partial charge in [-0.1, -0.05) is 23.2 Å². The maximum absolute atomic E-state index is 12.1. The Morgan fingerprint density at radius 1 is 1.50 bits per heavy atom. The monoisotopic (exact) mass is 338 g/mol. The highest BCUT2D eigenvalue weighted by atomic mass is 35.5. The molecule has 0 aliphatic carbocycles. The summed E-state index contributed by atoms with van der Waals surface area (Å²) in [5.41, 5.74) is 0. The highest BCUT2D eigenvalue weighted by molar-refractivity contribution is 6.34. The summed E-state index contributed by atoms with van der Waals surface area (Å²) in [6, 6.07) is 5.12. The van der Waals surface area contributed by atoms with Crippen LogP contribution in [0.1, 0.15) is 6.92 Å². The number of piperazine rings is 1. The van der Waals surface area contributed by atoms with Crippen molar-refractivity contribution in [3.63, 3.8) is 0 Å². The van der Waals surface area contributed by atoms with Crippen molar-refractivity contribution in [2.24, 2.45) is 0 Å². The third kappa shape index (κ3) is 4.42. The van der Waals surface area contributed by atoms with Crippen LogP contribution in [0.3, 0.4) is 0 Å². The molecule has 1 aliphatic rings. The van der Waals surface area contributed by atoms with Crippen LogP contribution in [-0.4, -0.2) is 43.1 Å². The van der Waals surface area contributed by atoms with E-state index in [9.17, 15) is 4.79 Å². The summed E-state index contributed by atoms with van der Waals surface area (Å²) < 4.78 is 5.45. The van der Waals surface area contributed by atoms with Crippen LogP contribution in [0.25, 0.3) is 0 Å². The number of benzene rings is 1. The van der Waals surface area contributed by atoms with Crippen LogP contribution in [0.15, 0.2) is 18.2 Å². The first-order valence-corrected chi connectivity index (χ1v) is 6.91. The van der Waals surface area contributed by atoms with Gasteiger partial charge < -0.3 is 15.0 Å². The SMILES string of the molecule is C[C@@H]1CNCCN1C(=O)COc1cc(Cl)ccc1Cl.Cl. The Kier molecular flexibility index (Phi) is 6.89. The largest absolute Gasteiger partial charge is 0.482 e. The molecule has 1 aromatic carbocycles. The van der Waals surface area contributed by atoms with E-state index in [1.165, 1.54) is 0 Å². The zero-order valence-corrected chi connectivity index (χ0v) is 13.4. The van der Waals surface area contributed by atoms with E-state index in [4.69, 9.17) is 27.9 Å². The number of rotatable bonds is 3. The highest BCUT2D eigenvalue weighted by Crippen LogP contribution is 2.27. The molecule has 0 radical (unpaired) electrons. The fraction of sp³-hybridized carbons (Fsp3) is 0.462. The predicted octanol–water partition coefficient (Wildman–Crippen LogP) is 2.61. The van der Waals surface area contributed by atoms with E-state index >= 15 is 0 Å². The fourth-order valence-corrected chi connectivity index (χ4v) is 2.36. The number of halogens is 3. The molecule has 0 unspecified atom stereocenters. The summed E-state index contributed by atoms with van der Waals surface area (Å²) >= 11 is 11.8. The first-order chi connectivity index (χ1) is 9.08. The van der Waals surface area contributed by atoms with Gasteiger partial charge in [-0.05, 0) is 19.1 Å². The molecule has 1 aliphatic heterocycles. The number of amides is 1. The second-order valence-electron chi connectivity index (χ2n) is 4.50. The van der Waals surface area contributed by atoms with Gasteiger partial charge in [0.1, 0.15) is 5.75 Å². The van der Waals surface area contributed by atoms with E-state index in [2.05, 4.69) is 5.32 Å². The minimum atomic E-state index is -0.0370. The van der Waals surface area contributed by atoms with Crippen molar-refractivity contribution in [3.8, 4) is 5.75 Å². The van der Waals surface area contributed by atoms with Crippen LogP contribution in [0, 0.1) is 0 Å². The molecule has 0 aromatic heterocycles. The van der Waals surface area contributed by atoms with Crippen LogP contribution >= 0.6 is 35.6 Å². The number of carbonyl (C=O) groups is 1. The van der Waals surface area contributed by atoms with Gasteiger partial charge in [0, 0.05) is 36.8 Å². The summed E-state index contributed by atoms with van der Waals surface area (Å²) in [6.45, 7) is 4.31. The molecule has 0 bridgehead atoms. The van der Waals surface area contributed by atoms with Gasteiger partial charge in [-0.2, -0.15) is 0 Å². The zero-order valence-electron chi connectivity index (χ0n) is 11.1. The maximum Gasteiger partial charge on any atom is 0.260 e. The summed E-state index contributed by atoms with van der Waals surface area (Å²) in [6.07, 6.45) is 0. The second kappa shape index (κ2) is 7.93. The Morgan fingerprint density at radius 2 is 2.25 bits per heavy atom. The minimum absolute atomic E-state index is 0. The molecule has 1 aromatic rings. The average Bonchev–Trinajstić information content (AvgIpc) is 2.40. The number of ether oxygens (including phenoxy) is 1. The lowest BCUT2D eigenvalue weighted by Gasteiger charge is -2.33. The number of nitrogens with zero attached hydrogens (tertiary/aromatic N) is 1. The number of nitrogens with one attached hydrogen (secondary N) is 1. The second-order valence-corrected chi connectivity index (χ2v) is 5.35.